The Bertz CT molecular complexity index is 1380. The van der Waals surface area contributed by atoms with Crippen LogP contribution >= 0.6 is 0 Å². The normalized spacial score (nSPS) is 18.2. The Hall–Kier alpha value is -3.81. The van der Waals surface area contributed by atoms with E-state index in [1.807, 2.05) is 5.32 Å². The number of amides is 1. The fraction of sp³-hybridized carbons (Fsp3) is 0.308. The van der Waals surface area contributed by atoms with Gasteiger partial charge in [0.1, 0.15) is 24.7 Å². The molecule has 0 aliphatic carbocycles. The van der Waals surface area contributed by atoms with E-state index in [0.717, 1.165) is 36.4 Å². The van der Waals surface area contributed by atoms with Crippen molar-refractivity contribution in [3.05, 3.63) is 77.0 Å². The molecule has 0 spiro atoms. The van der Waals surface area contributed by atoms with E-state index in [2.05, 4.69) is 4.98 Å². The average molecular weight is 553 g/mol. The van der Waals surface area contributed by atoms with Gasteiger partial charge in [0, 0.05) is 16.7 Å². The van der Waals surface area contributed by atoms with Crippen LogP contribution in [0.15, 0.2) is 48.5 Å². The summed E-state index contributed by atoms with van der Waals surface area (Å²) < 4.78 is 81.4. The summed E-state index contributed by atoms with van der Waals surface area (Å²) in [6.07, 6.45) is -5.33. The molecule has 208 valence electrons. The number of alkyl halides is 3. The summed E-state index contributed by atoms with van der Waals surface area (Å²) in [5, 5.41) is 21.7. The van der Waals surface area contributed by atoms with Gasteiger partial charge in [-0.15, -0.1) is 0 Å². The van der Waals surface area contributed by atoms with E-state index in [4.69, 9.17) is 20.3 Å². The summed E-state index contributed by atoms with van der Waals surface area (Å²) in [6.45, 7) is -0.536. The minimum Gasteiger partial charge on any atom is -0.489 e. The molecule has 0 saturated heterocycles. The van der Waals surface area contributed by atoms with Crippen molar-refractivity contribution in [1.29, 1.82) is 0 Å². The molecule has 2 atom stereocenters. The lowest BCUT2D eigenvalue weighted by atomic mass is 9.89. The number of fused-ring (bicyclic) bond motifs is 1. The van der Waals surface area contributed by atoms with Crippen molar-refractivity contribution in [2.45, 2.75) is 24.2 Å². The molecule has 1 aliphatic heterocycles. The Labute approximate surface area is 219 Å². The number of carbonyl (C=O) groups excluding carboxylic acids is 1. The van der Waals surface area contributed by atoms with Gasteiger partial charge in [0.25, 0.3) is 5.91 Å². The molecule has 0 saturated carbocycles. The molecule has 0 fully saturated rings. The third-order valence-corrected chi connectivity index (χ3v) is 6.16. The fourth-order valence-corrected chi connectivity index (χ4v) is 3.98. The largest absolute Gasteiger partial charge is 0.489 e. The summed E-state index contributed by atoms with van der Waals surface area (Å²) in [7, 11) is 0. The van der Waals surface area contributed by atoms with Crippen LogP contribution in [-0.2, 0) is 11.1 Å². The van der Waals surface area contributed by atoms with Gasteiger partial charge in [-0.2, -0.15) is 13.2 Å². The summed E-state index contributed by atoms with van der Waals surface area (Å²) in [5.41, 5.74) is 0.296. The summed E-state index contributed by atoms with van der Waals surface area (Å²) in [5.74, 6) is -2.86. The first-order chi connectivity index (χ1) is 18.3. The molecule has 1 amide bonds. The molecule has 0 bridgehead atoms. The van der Waals surface area contributed by atoms with Gasteiger partial charge >= 0.3 is 6.18 Å². The van der Waals surface area contributed by atoms with Crippen molar-refractivity contribution in [1.82, 2.24) is 10.3 Å². The van der Waals surface area contributed by atoms with Crippen molar-refractivity contribution in [3.63, 3.8) is 0 Å². The number of rotatable bonds is 8. The number of aliphatic hydroxyl groups is 2. The van der Waals surface area contributed by atoms with Gasteiger partial charge in [-0.3, -0.25) is 4.79 Å². The Morgan fingerprint density at radius 2 is 1.87 bits per heavy atom. The second-order valence-electron chi connectivity index (χ2n) is 9.20. The first-order valence-electron chi connectivity index (χ1n) is 11.6. The van der Waals surface area contributed by atoms with Crippen LogP contribution in [0.1, 0.15) is 28.5 Å². The maximum Gasteiger partial charge on any atom is 0.424 e. The number of nitrogens with two attached hydrogens (primary N) is 1. The van der Waals surface area contributed by atoms with E-state index >= 15 is 0 Å². The number of aromatic nitrogens is 1. The zero-order chi connectivity index (χ0) is 28.6. The van der Waals surface area contributed by atoms with Gasteiger partial charge in [0.15, 0.2) is 17.3 Å². The van der Waals surface area contributed by atoms with E-state index in [1.54, 1.807) is 0 Å². The van der Waals surface area contributed by atoms with E-state index < -0.39 is 47.1 Å². The monoisotopic (exact) mass is 553 g/mol. The molecule has 5 N–H and O–H groups in total. The molecule has 8 nitrogen and oxygen atoms in total. The maximum atomic E-state index is 14.4. The van der Waals surface area contributed by atoms with Gasteiger partial charge in [-0.25, -0.2) is 13.8 Å². The van der Waals surface area contributed by atoms with Crippen LogP contribution in [0.4, 0.5) is 22.0 Å². The minimum absolute atomic E-state index is 0.0860. The van der Waals surface area contributed by atoms with Gasteiger partial charge in [0.05, 0.1) is 24.4 Å². The van der Waals surface area contributed by atoms with E-state index in [-0.39, 0.29) is 53.7 Å². The van der Waals surface area contributed by atoms with E-state index in [0.29, 0.717) is 0 Å². The smallest absolute Gasteiger partial charge is 0.424 e. The van der Waals surface area contributed by atoms with Crippen molar-refractivity contribution < 1.29 is 46.4 Å². The van der Waals surface area contributed by atoms with Crippen LogP contribution in [-0.4, -0.2) is 53.6 Å². The third-order valence-electron chi connectivity index (χ3n) is 6.16. The molecule has 2 aromatic carbocycles. The van der Waals surface area contributed by atoms with Crippen molar-refractivity contribution in [2.75, 3.05) is 26.4 Å². The minimum atomic E-state index is -5.33. The predicted molar refractivity (Wildman–Crippen MR) is 128 cm³/mol. The fourth-order valence-electron chi connectivity index (χ4n) is 3.98. The first kappa shape index (κ1) is 28.2. The zero-order valence-corrected chi connectivity index (χ0v) is 20.5. The molecule has 1 aliphatic rings. The summed E-state index contributed by atoms with van der Waals surface area (Å²) in [6, 6.07) is 8.63. The number of aliphatic hydroxyl groups excluding tert-OH is 1. The lowest BCUT2D eigenvalue weighted by molar-refractivity contribution is -0.265. The number of ether oxygens (including phenoxy) is 2. The number of carbonyl (C=O) groups is 1. The first-order valence-corrected chi connectivity index (χ1v) is 11.6. The summed E-state index contributed by atoms with van der Waals surface area (Å²) in [4.78, 5) is 16.6. The van der Waals surface area contributed by atoms with Gasteiger partial charge in [-0.05, 0) is 55.5 Å². The molecule has 3 aromatic rings. The highest BCUT2D eigenvalue weighted by Gasteiger charge is 2.57. The maximum absolute atomic E-state index is 14.4. The topological polar surface area (TPSA) is 127 Å². The number of pyridine rings is 1. The molecule has 1 aromatic heterocycles. The van der Waals surface area contributed by atoms with Crippen LogP contribution in [0.25, 0.3) is 11.3 Å². The SMILES string of the molecule is CC1(N)COc2c1cc(C(O)(CNC(=O)c1ccc(OCCO)c(F)c1)C(F)(F)F)nc2-c1ccc(F)cc1. The third kappa shape index (κ3) is 5.51. The second kappa shape index (κ2) is 10.4. The van der Waals surface area contributed by atoms with Crippen molar-refractivity contribution >= 4 is 5.91 Å². The number of hydrogen-bond donors (Lipinski definition) is 4. The van der Waals surface area contributed by atoms with Crippen LogP contribution in [0.3, 0.4) is 0 Å². The Morgan fingerprint density at radius 3 is 2.49 bits per heavy atom. The van der Waals surface area contributed by atoms with Crippen LogP contribution in [0.2, 0.25) is 0 Å². The number of halogens is 5. The molecule has 2 heterocycles. The number of benzene rings is 2. The van der Waals surface area contributed by atoms with Crippen LogP contribution < -0.4 is 20.5 Å². The Morgan fingerprint density at radius 1 is 1.18 bits per heavy atom. The van der Waals surface area contributed by atoms with Crippen LogP contribution in [0, 0.1) is 11.6 Å². The number of nitrogens with zero attached hydrogens (tertiary/aromatic N) is 1. The summed E-state index contributed by atoms with van der Waals surface area (Å²) >= 11 is 0. The molecular weight excluding hydrogens is 529 g/mol. The molecule has 2 unspecified atom stereocenters. The Balaban J connectivity index is 1.71. The standard InChI is InChI=1S/C26H24F5N3O5/c1-24(32)13-39-22-17(24)11-20(34-21(22)14-2-5-16(27)6-3-14)25(37,26(29,30)31)12-33-23(36)15-4-7-19(18(28)10-15)38-9-8-35/h2-7,10-11,35,37H,8-9,12-13,32H2,1H3,(H,33,36). The molecule has 13 heteroatoms. The zero-order valence-electron chi connectivity index (χ0n) is 20.5. The quantitative estimate of drug-likeness (QED) is 0.316. The van der Waals surface area contributed by atoms with Gasteiger partial charge in [0.2, 0.25) is 5.60 Å². The van der Waals surface area contributed by atoms with E-state index in [9.17, 15) is 31.9 Å². The van der Waals surface area contributed by atoms with Gasteiger partial charge in [-0.1, -0.05) is 0 Å². The molecule has 4 rings (SSSR count). The van der Waals surface area contributed by atoms with Crippen molar-refractivity contribution in [3.8, 4) is 22.8 Å². The average Bonchev–Trinajstić information content (AvgIpc) is 3.20. The van der Waals surface area contributed by atoms with Gasteiger partial charge < -0.3 is 30.7 Å². The second-order valence-corrected chi connectivity index (χ2v) is 9.20. The highest BCUT2D eigenvalue weighted by atomic mass is 19.4. The lowest BCUT2D eigenvalue weighted by Crippen LogP contribution is -2.51. The highest BCUT2D eigenvalue weighted by Crippen LogP contribution is 2.46. The highest BCUT2D eigenvalue weighted by molar-refractivity contribution is 5.94. The number of hydrogen-bond acceptors (Lipinski definition) is 7. The van der Waals surface area contributed by atoms with Crippen molar-refractivity contribution in [2.24, 2.45) is 5.73 Å². The Kier molecular flexibility index (Phi) is 7.52. The molecular formula is C26H24F5N3O5. The number of nitrogens with one attached hydrogen (secondary N) is 1. The van der Waals surface area contributed by atoms with E-state index in [1.165, 1.54) is 19.1 Å². The lowest BCUT2D eigenvalue weighted by Gasteiger charge is -2.31. The molecule has 39 heavy (non-hydrogen) atoms. The molecule has 0 radical (unpaired) electrons. The van der Waals surface area contributed by atoms with Crippen LogP contribution in [0.5, 0.6) is 11.5 Å². The predicted octanol–water partition coefficient (Wildman–Crippen LogP) is 3.14.